The van der Waals surface area contributed by atoms with E-state index in [4.69, 9.17) is 10.5 Å². The lowest BCUT2D eigenvalue weighted by atomic mass is 9.83. The van der Waals surface area contributed by atoms with Crippen molar-refractivity contribution in [1.29, 1.82) is 0 Å². The summed E-state index contributed by atoms with van der Waals surface area (Å²) in [6.07, 6.45) is 5.53. The van der Waals surface area contributed by atoms with Crippen LogP contribution in [0.4, 0.5) is 5.69 Å². The van der Waals surface area contributed by atoms with Gasteiger partial charge in [-0.1, -0.05) is 31.4 Å². The minimum absolute atomic E-state index is 0.0419. The van der Waals surface area contributed by atoms with Gasteiger partial charge < -0.3 is 15.8 Å². The van der Waals surface area contributed by atoms with Gasteiger partial charge in [0, 0.05) is 10.0 Å². The monoisotopic (exact) mass is 340 g/mol. The van der Waals surface area contributed by atoms with Crippen LogP contribution in [0.3, 0.4) is 0 Å². The molecule has 1 amide bonds. The first-order valence-electron chi connectivity index (χ1n) is 7.00. The molecular formula is C15H21BrN2O2. The molecule has 1 aromatic carbocycles. The number of hydrogen-bond acceptors (Lipinski definition) is 3. The topological polar surface area (TPSA) is 64.3 Å². The first-order chi connectivity index (χ1) is 9.59. The first kappa shape index (κ1) is 15.5. The molecule has 0 unspecified atom stereocenters. The number of ether oxygens (including phenoxy) is 1. The third-order valence-corrected chi connectivity index (χ3v) is 4.31. The van der Waals surface area contributed by atoms with Crippen LogP contribution in [0.2, 0.25) is 0 Å². The lowest BCUT2D eigenvalue weighted by Gasteiger charge is -2.32. The fourth-order valence-electron chi connectivity index (χ4n) is 2.50. The minimum Gasteiger partial charge on any atom is -0.370 e. The number of benzene rings is 1. The molecule has 3 N–H and O–H groups in total. The highest BCUT2D eigenvalue weighted by Crippen LogP contribution is 2.26. The summed E-state index contributed by atoms with van der Waals surface area (Å²) < 4.78 is 6.35. The lowest BCUT2D eigenvalue weighted by molar-refractivity contribution is -0.121. The van der Waals surface area contributed by atoms with Crippen molar-refractivity contribution in [3.8, 4) is 0 Å². The van der Waals surface area contributed by atoms with Crippen LogP contribution in [0.1, 0.15) is 32.1 Å². The quantitative estimate of drug-likeness (QED) is 0.865. The molecule has 0 radical (unpaired) electrons. The molecule has 0 spiro atoms. The largest absolute Gasteiger partial charge is 0.370 e. The summed E-state index contributed by atoms with van der Waals surface area (Å²) >= 11 is 3.39. The standard InChI is InChI=1S/C15H21BrN2O2/c16-12-6-2-3-7-13(12)18-14(19)10-20-11-15(17)8-4-1-5-9-15/h2-3,6-7H,1,4-5,8-11,17H2,(H,18,19). The van der Waals surface area contributed by atoms with Crippen molar-refractivity contribution in [3.63, 3.8) is 0 Å². The molecule has 0 atom stereocenters. The first-order valence-corrected chi connectivity index (χ1v) is 7.79. The molecule has 4 nitrogen and oxygen atoms in total. The Morgan fingerprint density at radius 1 is 1.30 bits per heavy atom. The van der Waals surface area contributed by atoms with Crippen molar-refractivity contribution in [2.24, 2.45) is 5.73 Å². The maximum absolute atomic E-state index is 11.8. The predicted octanol–water partition coefficient (Wildman–Crippen LogP) is 3.07. The Balaban J connectivity index is 1.74. The van der Waals surface area contributed by atoms with Crippen LogP contribution in [-0.2, 0) is 9.53 Å². The molecule has 1 aliphatic carbocycles. The van der Waals surface area contributed by atoms with Crippen molar-refractivity contribution >= 4 is 27.5 Å². The van der Waals surface area contributed by atoms with Crippen LogP contribution in [0, 0.1) is 0 Å². The van der Waals surface area contributed by atoms with Crippen LogP contribution in [0.5, 0.6) is 0 Å². The number of halogens is 1. The van der Waals surface area contributed by atoms with Crippen molar-refractivity contribution in [3.05, 3.63) is 28.7 Å². The molecular weight excluding hydrogens is 320 g/mol. The Kier molecular flexibility index (Phi) is 5.57. The van der Waals surface area contributed by atoms with Crippen LogP contribution in [-0.4, -0.2) is 24.7 Å². The summed E-state index contributed by atoms with van der Waals surface area (Å²) in [4.78, 5) is 11.8. The second-order valence-corrected chi connectivity index (χ2v) is 6.30. The molecule has 1 fully saturated rings. The van der Waals surface area contributed by atoms with E-state index in [2.05, 4.69) is 21.2 Å². The number of hydrogen-bond donors (Lipinski definition) is 2. The number of para-hydroxylation sites is 1. The van der Waals surface area contributed by atoms with Gasteiger partial charge in [-0.25, -0.2) is 0 Å². The highest BCUT2D eigenvalue weighted by atomic mass is 79.9. The molecule has 0 bridgehead atoms. The molecule has 1 aliphatic rings. The van der Waals surface area contributed by atoms with Gasteiger partial charge in [0.1, 0.15) is 6.61 Å². The fourth-order valence-corrected chi connectivity index (χ4v) is 2.88. The Morgan fingerprint density at radius 2 is 2.00 bits per heavy atom. The molecule has 0 saturated heterocycles. The zero-order valence-electron chi connectivity index (χ0n) is 11.5. The maximum atomic E-state index is 11.8. The summed E-state index contributed by atoms with van der Waals surface area (Å²) in [5.41, 5.74) is 6.76. The molecule has 1 saturated carbocycles. The average Bonchev–Trinajstić information content (AvgIpc) is 2.42. The molecule has 1 aromatic rings. The Bertz CT molecular complexity index is 459. The molecule has 0 aliphatic heterocycles. The van der Waals surface area contributed by atoms with Gasteiger partial charge in [-0.2, -0.15) is 0 Å². The number of carbonyl (C=O) groups is 1. The van der Waals surface area contributed by atoms with Gasteiger partial charge in [0.15, 0.2) is 0 Å². The van der Waals surface area contributed by atoms with Crippen molar-refractivity contribution in [2.45, 2.75) is 37.6 Å². The minimum atomic E-state index is -0.244. The number of anilines is 1. The lowest BCUT2D eigenvalue weighted by Crippen LogP contribution is -2.46. The number of rotatable bonds is 5. The van der Waals surface area contributed by atoms with Gasteiger partial charge in [0.05, 0.1) is 12.3 Å². The zero-order valence-corrected chi connectivity index (χ0v) is 13.1. The Morgan fingerprint density at radius 3 is 2.70 bits per heavy atom. The van der Waals surface area contributed by atoms with E-state index in [-0.39, 0.29) is 18.1 Å². The van der Waals surface area contributed by atoms with E-state index < -0.39 is 0 Å². The fraction of sp³-hybridized carbons (Fsp3) is 0.533. The maximum Gasteiger partial charge on any atom is 0.250 e. The van der Waals surface area contributed by atoms with E-state index in [9.17, 15) is 4.79 Å². The predicted molar refractivity (Wildman–Crippen MR) is 83.6 cm³/mol. The van der Waals surface area contributed by atoms with Gasteiger partial charge >= 0.3 is 0 Å². The van der Waals surface area contributed by atoms with E-state index in [1.807, 2.05) is 24.3 Å². The van der Waals surface area contributed by atoms with E-state index in [0.29, 0.717) is 6.61 Å². The van der Waals surface area contributed by atoms with E-state index in [0.717, 1.165) is 35.8 Å². The van der Waals surface area contributed by atoms with Crippen LogP contribution < -0.4 is 11.1 Å². The number of carbonyl (C=O) groups excluding carboxylic acids is 1. The number of nitrogens with one attached hydrogen (secondary N) is 1. The molecule has 110 valence electrons. The Hall–Kier alpha value is -0.910. The van der Waals surface area contributed by atoms with Gasteiger partial charge in [-0.05, 0) is 40.9 Å². The van der Waals surface area contributed by atoms with Gasteiger partial charge in [0.25, 0.3) is 0 Å². The summed E-state index contributed by atoms with van der Waals surface area (Å²) in [6, 6.07) is 7.50. The van der Waals surface area contributed by atoms with Gasteiger partial charge in [-0.3, -0.25) is 4.79 Å². The van der Waals surface area contributed by atoms with Crippen LogP contribution >= 0.6 is 15.9 Å². The third kappa shape index (κ3) is 4.58. The molecule has 5 heteroatoms. The Labute approximate surface area is 128 Å². The summed E-state index contributed by atoms with van der Waals surface area (Å²) in [5.74, 6) is -0.156. The third-order valence-electron chi connectivity index (χ3n) is 3.62. The van der Waals surface area contributed by atoms with E-state index in [1.54, 1.807) is 0 Å². The second kappa shape index (κ2) is 7.20. The molecule has 20 heavy (non-hydrogen) atoms. The van der Waals surface area contributed by atoms with Crippen LogP contribution in [0.15, 0.2) is 28.7 Å². The molecule has 2 rings (SSSR count). The average molecular weight is 341 g/mol. The SMILES string of the molecule is NC1(COCC(=O)Nc2ccccc2Br)CCCCC1. The van der Waals surface area contributed by atoms with Gasteiger partial charge in [-0.15, -0.1) is 0 Å². The summed E-state index contributed by atoms with van der Waals surface area (Å²) in [5, 5.41) is 2.81. The zero-order chi connectivity index (χ0) is 14.4. The summed E-state index contributed by atoms with van der Waals surface area (Å²) in [7, 11) is 0. The van der Waals surface area contributed by atoms with Crippen molar-refractivity contribution in [2.75, 3.05) is 18.5 Å². The highest BCUT2D eigenvalue weighted by Gasteiger charge is 2.27. The second-order valence-electron chi connectivity index (χ2n) is 5.44. The van der Waals surface area contributed by atoms with Gasteiger partial charge in [0.2, 0.25) is 5.91 Å². The summed E-state index contributed by atoms with van der Waals surface area (Å²) in [6.45, 7) is 0.497. The normalized spacial score (nSPS) is 17.7. The van der Waals surface area contributed by atoms with Crippen molar-refractivity contribution in [1.82, 2.24) is 0 Å². The van der Waals surface area contributed by atoms with Crippen molar-refractivity contribution < 1.29 is 9.53 Å². The number of nitrogens with two attached hydrogens (primary N) is 1. The smallest absolute Gasteiger partial charge is 0.250 e. The molecule has 0 aromatic heterocycles. The highest BCUT2D eigenvalue weighted by molar-refractivity contribution is 9.10. The van der Waals surface area contributed by atoms with E-state index >= 15 is 0 Å². The number of amides is 1. The van der Waals surface area contributed by atoms with E-state index in [1.165, 1.54) is 6.42 Å². The molecule has 0 heterocycles. The van der Waals surface area contributed by atoms with Crippen LogP contribution in [0.25, 0.3) is 0 Å².